The number of amides is 2. The molecule has 0 aliphatic heterocycles. The van der Waals surface area contributed by atoms with Gasteiger partial charge in [0.25, 0.3) is 0 Å². The van der Waals surface area contributed by atoms with Crippen LogP contribution in [0.5, 0.6) is 0 Å². The Morgan fingerprint density at radius 3 is 2.14 bits per heavy atom. The van der Waals surface area contributed by atoms with Gasteiger partial charge in [0.2, 0.25) is 0 Å². The summed E-state index contributed by atoms with van der Waals surface area (Å²) in [6.45, 7) is 5.67. The van der Waals surface area contributed by atoms with Crippen molar-refractivity contribution in [1.82, 2.24) is 4.98 Å². The Hall–Kier alpha value is -2.69. The summed E-state index contributed by atoms with van der Waals surface area (Å²) in [5.41, 5.74) is 3.41. The number of carbonyl (C=O) groups is 2. The minimum Gasteiger partial charge on any atom is -0.318 e. The molecule has 1 aromatic heterocycles. The van der Waals surface area contributed by atoms with Gasteiger partial charge in [-0.15, -0.1) is 0 Å². The van der Waals surface area contributed by atoms with Gasteiger partial charge in [0.05, 0.1) is 0 Å². The highest BCUT2D eigenvalue weighted by Crippen LogP contribution is 2.13. The molecule has 0 radical (unpaired) electrons. The van der Waals surface area contributed by atoms with Gasteiger partial charge in [-0.1, -0.05) is 12.1 Å². The molecule has 0 spiro atoms. The van der Waals surface area contributed by atoms with E-state index in [2.05, 4.69) is 15.6 Å². The predicted octanol–water partition coefficient (Wildman–Crippen LogP) is 2.58. The normalized spacial score (nSPS) is 10.0. The largest absolute Gasteiger partial charge is 0.318 e. The number of pyridine rings is 1. The van der Waals surface area contributed by atoms with Gasteiger partial charge in [-0.25, -0.2) is 4.98 Å². The topological polar surface area (TPSA) is 71.1 Å². The third kappa shape index (κ3) is 4.14. The summed E-state index contributed by atoms with van der Waals surface area (Å²) in [5.74, 6) is -1.11. The zero-order chi connectivity index (χ0) is 15.4. The molecule has 2 rings (SSSR count). The number of hydrogen-bond donors (Lipinski definition) is 2. The lowest BCUT2D eigenvalue weighted by Crippen LogP contribution is -2.29. The van der Waals surface area contributed by atoms with Crippen LogP contribution in [0.1, 0.15) is 16.8 Å². The van der Waals surface area contributed by atoms with Gasteiger partial charge >= 0.3 is 11.8 Å². The molecule has 0 saturated heterocycles. The number of aromatic nitrogens is 1. The Kier molecular flexibility index (Phi) is 4.33. The summed E-state index contributed by atoms with van der Waals surface area (Å²) in [6, 6.07) is 10.8. The summed E-state index contributed by atoms with van der Waals surface area (Å²) in [4.78, 5) is 27.8. The molecule has 0 aliphatic rings. The van der Waals surface area contributed by atoms with Crippen LogP contribution in [-0.4, -0.2) is 16.8 Å². The number of rotatable bonds is 2. The summed E-state index contributed by atoms with van der Waals surface area (Å²) in [6.07, 6.45) is 0. The number of nitrogens with one attached hydrogen (secondary N) is 2. The Morgan fingerprint density at radius 1 is 0.905 bits per heavy atom. The Labute approximate surface area is 123 Å². The van der Waals surface area contributed by atoms with E-state index in [9.17, 15) is 9.59 Å². The van der Waals surface area contributed by atoms with Crippen LogP contribution >= 0.6 is 0 Å². The lowest BCUT2D eigenvalue weighted by atomic mass is 10.1. The van der Waals surface area contributed by atoms with Crippen molar-refractivity contribution >= 4 is 23.3 Å². The average Bonchev–Trinajstić information content (AvgIpc) is 2.37. The van der Waals surface area contributed by atoms with E-state index in [0.29, 0.717) is 11.5 Å². The van der Waals surface area contributed by atoms with E-state index < -0.39 is 11.8 Å². The first kappa shape index (κ1) is 14.7. The van der Waals surface area contributed by atoms with Gasteiger partial charge in [-0.2, -0.15) is 0 Å². The quantitative estimate of drug-likeness (QED) is 0.832. The first-order valence-corrected chi connectivity index (χ1v) is 6.58. The number of aryl methyl sites for hydroxylation is 3. The number of nitrogens with zero attached hydrogens (tertiary/aromatic N) is 1. The number of anilines is 2. The number of benzene rings is 1. The van der Waals surface area contributed by atoms with Crippen molar-refractivity contribution in [3.8, 4) is 0 Å². The lowest BCUT2D eigenvalue weighted by Gasteiger charge is -2.08. The molecule has 108 valence electrons. The first-order chi connectivity index (χ1) is 9.94. The molecule has 2 N–H and O–H groups in total. The summed E-state index contributed by atoms with van der Waals surface area (Å²) < 4.78 is 0. The SMILES string of the molecule is Cc1cc(C)cc(NC(=O)C(=O)Nc2cccc(C)n2)c1. The molecule has 1 aromatic carbocycles. The molecule has 5 heteroatoms. The monoisotopic (exact) mass is 283 g/mol. The molecule has 0 saturated carbocycles. The second kappa shape index (κ2) is 6.17. The van der Waals surface area contributed by atoms with E-state index in [1.54, 1.807) is 12.1 Å². The summed E-state index contributed by atoms with van der Waals surface area (Å²) in [7, 11) is 0. The van der Waals surface area contributed by atoms with Gasteiger partial charge in [-0.3, -0.25) is 9.59 Å². The zero-order valence-electron chi connectivity index (χ0n) is 12.2. The van der Waals surface area contributed by atoms with E-state index in [1.165, 1.54) is 0 Å². The van der Waals surface area contributed by atoms with Crippen molar-refractivity contribution in [3.05, 3.63) is 53.2 Å². The molecule has 5 nitrogen and oxygen atoms in total. The lowest BCUT2D eigenvalue weighted by molar-refractivity contribution is -0.133. The van der Waals surface area contributed by atoms with Gasteiger partial charge in [0.1, 0.15) is 5.82 Å². The molecule has 0 aliphatic carbocycles. The molecule has 21 heavy (non-hydrogen) atoms. The molecule has 2 amide bonds. The minimum absolute atomic E-state index is 0.357. The van der Waals surface area contributed by atoms with Crippen molar-refractivity contribution in [2.75, 3.05) is 10.6 Å². The van der Waals surface area contributed by atoms with Gasteiger partial charge in [-0.05, 0) is 56.2 Å². The highest BCUT2D eigenvalue weighted by atomic mass is 16.2. The fourth-order valence-electron chi connectivity index (χ4n) is 2.02. The second-order valence-electron chi connectivity index (χ2n) is 4.95. The van der Waals surface area contributed by atoms with Crippen molar-refractivity contribution in [1.29, 1.82) is 0 Å². The molecule has 1 heterocycles. The minimum atomic E-state index is -0.743. The van der Waals surface area contributed by atoms with Crippen molar-refractivity contribution in [2.24, 2.45) is 0 Å². The van der Waals surface area contributed by atoms with Gasteiger partial charge in [0, 0.05) is 11.4 Å². The van der Waals surface area contributed by atoms with Crippen molar-refractivity contribution in [2.45, 2.75) is 20.8 Å². The molecular formula is C16H17N3O2. The van der Waals surface area contributed by atoms with Crippen LogP contribution in [0.4, 0.5) is 11.5 Å². The van der Waals surface area contributed by atoms with E-state index >= 15 is 0 Å². The smallest absolute Gasteiger partial charge is 0.315 e. The Balaban J connectivity index is 2.04. The van der Waals surface area contributed by atoms with E-state index in [-0.39, 0.29) is 0 Å². The van der Waals surface area contributed by atoms with E-state index in [4.69, 9.17) is 0 Å². The fourth-order valence-corrected chi connectivity index (χ4v) is 2.02. The van der Waals surface area contributed by atoms with Crippen molar-refractivity contribution in [3.63, 3.8) is 0 Å². The van der Waals surface area contributed by atoms with Crippen LogP contribution < -0.4 is 10.6 Å². The van der Waals surface area contributed by atoms with Crippen LogP contribution in [-0.2, 0) is 9.59 Å². The molecule has 0 atom stereocenters. The molecule has 0 bridgehead atoms. The Bertz CT molecular complexity index is 675. The standard InChI is InChI=1S/C16H17N3O2/c1-10-7-11(2)9-13(8-10)18-15(20)16(21)19-14-6-4-5-12(3)17-14/h4-9H,1-3H3,(H,18,20)(H,17,19,21). The predicted molar refractivity (Wildman–Crippen MR) is 82.1 cm³/mol. The maximum absolute atomic E-state index is 11.9. The fraction of sp³-hybridized carbons (Fsp3) is 0.188. The van der Waals surface area contributed by atoms with Crippen molar-refractivity contribution < 1.29 is 9.59 Å². The van der Waals surface area contributed by atoms with Crippen LogP contribution in [0, 0.1) is 20.8 Å². The molecular weight excluding hydrogens is 266 g/mol. The van der Waals surface area contributed by atoms with Crippen LogP contribution in [0.2, 0.25) is 0 Å². The summed E-state index contributed by atoms with van der Waals surface area (Å²) in [5, 5.41) is 5.05. The number of hydrogen-bond acceptors (Lipinski definition) is 3. The second-order valence-corrected chi connectivity index (χ2v) is 4.95. The molecule has 2 aromatic rings. The molecule has 0 fully saturated rings. The van der Waals surface area contributed by atoms with Crippen LogP contribution in [0.3, 0.4) is 0 Å². The highest BCUT2D eigenvalue weighted by molar-refractivity contribution is 6.43. The van der Waals surface area contributed by atoms with E-state index in [0.717, 1.165) is 16.8 Å². The third-order valence-corrected chi connectivity index (χ3v) is 2.82. The van der Waals surface area contributed by atoms with Gasteiger partial charge in [0.15, 0.2) is 0 Å². The third-order valence-electron chi connectivity index (χ3n) is 2.82. The average molecular weight is 283 g/mol. The van der Waals surface area contributed by atoms with Gasteiger partial charge < -0.3 is 10.6 Å². The van der Waals surface area contributed by atoms with Crippen LogP contribution in [0.15, 0.2) is 36.4 Å². The maximum Gasteiger partial charge on any atom is 0.315 e. The first-order valence-electron chi connectivity index (χ1n) is 6.58. The van der Waals surface area contributed by atoms with E-state index in [1.807, 2.05) is 45.0 Å². The maximum atomic E-state index is 11.9. The Morgan fingerprint density at radius 2 is 1.52 bits per heavy atom. The van der Waals surface area contributed by atoms with Crippen LogP contribution in [0.25, 0.3) is 0 Å². The molecule has 0 unspecified atom stereocenters. The highest BCUT2D eigenvalue weighted by Gasteiger charge is 2.14. The zero-order valence-corrected chi connectivity index (χ0v) is 12.2. The number of carbonyl (C=O) groups excluding carboxylic acids is 2. The summed E-state index contributed by atoms with van der Waals surface area (Å²) >= 11 is 0.